The number of hydrogen-bond donors (Lipinski definition) is 2. The van der Waals surface area contributed by atoms with Crippen molar-refractivity contribution in [2.75, 3.05) is 6.54 Å². The summed E-state index contributed by atoms with van der Waals surface area (Å²) in [4.78, 5) is 15.6. The molecule has 0 atom stereocenters. The summed E-state index contributed by atoms with van der Waals surface area (Å²) in [5.74, 6) is -0.135. The van der Waals surface area contributed by atoms with Gasteiger partial charge in [-0.25, -0.2) is 0 Å². The predicted molar refractivity (Wildman–Crippen MR) is 74.1 cm³/mol. The predicted octanol–water partition coefficient (Wildman–Crippen LogP) is 1.70. The number of halogens is 2. The standard InChI is InChI=1S/C11H17N3O.2ClH/c1-8-4-9(6-13-5-8)10(15)14-7-11(2,3)12;;/h4-6H,7,12H2,1-3H3,(H,14,15);2*1H. The van der Waals surface area contributed by atoms with Gasteiger partial charge in [-0.3, -0.25) is 9.78 Å². The van der Waals surface area contributed by atoms with E-state index in [4.69, 9.17) is 5.73 Å². The van der Waals surface area contributed by atoms with Crippen LogP contribution in [0.25, 0.3) is 0 Å². The van der Waals surface area contributed by atoms with Crippen molar-refractivity contribution in [2.24, 2.45) is 5.73 Å². The Kier molecular flexibility index (Phi) is 8.15. The van der Waals surface area contributed by atoms with Crippen molar-refractivity contribution < 1.29 is 4.79 Å². The maximum absolute atomic E-state index is 11.6. The van der Waals surface area contributed by atoms with Gasteiger partial charge in [0.15, 0.2) is 0 Å². The summed E-state index contributed by atoms with van der Waals surface area (Å²) in [6.45, 7) is 6.07. The van der Waals surface area contributed by atoms with Crippen LogP contribution in [0.1, 0.15) is 29.8 Å². The molecule has 0 aliphatic rings. The van der Waals surface area contributed by atoms with Crippen LogP contribution in [0.2, 0.25) is 0 Å². The number of nitrogens with one attached hydrogen (secondary N) is 1. The Balaban J connectivity index is 0. The van der Waals surface area contributed by atoms with E-state index >= 15 is 0 Å². The molecule has 0 aromatic carbocycles. The van der Waals surface area contributed by atoms with E-state index in [-0.39, 0.29) is 30.7 Å². The largest absolute Gasteiger partial charge is 0.350 e. The second-order valence-electron chi connectivity index (χ2n) is 4.42. The van der Waals surface area contributed by atoms with Crippen LogP contribution in [0.5, 0.6) is 0 Å². The van der Waals surface area contributed by atoms with Crippen LogP contribution in [-0.2, 0) is 0 Å². The molecule has 0 saturated heterocycles. The lowest BCUT2D eigenvalue weighted by atomic mass is 10.1. The van der Waals surface area contributed by atoms with E-state index < -0.39 is 5.54 Å². The number of pyridine rings is 1. The molecule has 98 valence electrons. The number of nitrogens with two attached hydrogens (primary N) is 1. The van der Waals surface area contributed by atoms with Crippen molar-refractivity contribution in [3.8, 4) is 0 Å². The van der Waals surface area contributed by atoms with Crippen LogP contribution in [-0.4, -0.2) is 23.0 Å². The number of amides is 1. The van der Waals surface area contributed by atoms with Crippen molar-refractivity contribution in [2.45, 2.75) is 26.3 Å². The number of carbonyl (C=O) groups excluding carboxylic acids is 1. The molecule has 6 heteroatoms. The molecule has 3 N–H and O–H groups in total. The van der Waals surface area contributed by atoms with E-state index in [1.807, 2.05) is 20.8 Å². The Labute approximate surface area is 114 Å². The molecule has 4 nitrogen and oxygen atoms in total. The molecule has 0 aliphatic carbocycles. The SMILES string of the molecule is Cc1cncc(C(=O)NCC(C)(C)N)c1.Cl.Cl. The lowest BCUT2D eigenvalue weighted by Crippen LogP contribution is -2.45. The van der Waals surface area contributed by atoms with E-state index in [9.17, 15) is 4.79 Å². The Morgan fingerprint density at radius 2 is 2.00 bits per heavy atom. The monoisotopic (exact) mass is 279 g/mol. The second kappa shape index (κ2) is 7.48. The molecule has 17 heavy (non-hydrogen) atoms. The summed E-state index contributed by atoms with van der Waals surface area (Å²) in [6.07, 6.45) is 3.26. The van der Waals surface area contributed by atoms with Crippen molar-refractivity contribution in [1.29, 1.82) is 0 Å². The third kappa shape index (κ3) is 7.15. The zero-order valence-corrected chi connectivity index (χ0v) is 11.8. The lowest BCUT2D eigenvalue weighted by molar-refractivity contribution is 0.0945. The molecular weight excluding hydrogens is 261 g/mol. The highest BCUT2D eigenvalue weighted by atomic mass is 35.5. The highest BCUT2D eigenvalue weighted by Crippen LogP contribution is 2.01. The third-order valence-electron chi connectivity index (χ3n) is 1.84. The topological polar surface area (TPSA) is 68.0 Å². The number of hydrogen-bond acceptors (Lipinski definition) is 3. The number of nitrogens with zero attached hydrogens (tertiary/aromatic N) is 1. The number of aromatic nitrogens is 1. The molecule has 0 saturated carbocycles. The lowest BCUT2D eigenvalue weighted by Gasteiger charge is -2.18. The summed E-state index contributed by atoms with van der Waals surface area (Å²) in [7, 11) is 0. The molecule has 1 heterocycles. The Morgan fingerprint density at radius 3 is 2.47 bits per heavy atom. The minimum absolute atomic E-state index is 0. The Hall–Kier alpha value is -0.840. The first-order chi connectivity index (χ1) is 6.88. The smallest absolute Gasteiger partial charge is 0.252 e. The molecule has 0 unspecified atom stereocenters. The average molecular weight is 280 g/mol. The molecule has 0 radical (unpaired) electrons. The first kappa shape index (κ1) is 18.5. The third-order valence-corrected chi connectivity index (χ3v) is 1.84. The molecule has 0 bridgehead atoms. The molecule has 0 fully saturated rings. The second-order valence-corrected chi connectivity index (χ2v) is 4.42. The number of aryl methyl sites for hydroxylation is 1. The van der Waals surface area contributed by atoms with Gasteiger partial charge in [0.05, 0.1) is 5.56 Å². The van der Waals surface area contributed by atoms with Crippen LogP contribution >= 0.6 is 24.8 Å². The van der Waals surface area contributed by atoms with Crippen LogP contribution in [0, 0.1) is 6.92 Å². The van der Waals surface area contributed by atoms with Gasteiger partial charge < -0.3 is 11.1 Å². The Bertz CT molecular complexity index is 364. The van der Waals surface area contributed by atoms with Crippen LogP contribution in [0.4, 0.5) is 0 Å². The highest BCUT2D eigenvalue weighted by molar-refractivity contribution is 5.94. The van der Waals surface area contributed by atoms with Gasteiger partial charge in [0.25, 0.3) is 5.91 Å². The molecule has 0 aliphatic heterocycles. The van der Waals surface area contributed by atoms with Crippen LogP contribution in [0.15, 0.2) is 18.5 Å². The quantitative estimate of drug-likeness (QED) is 0.885. The van der Waals surface area contributed by atoms with Crippen molar-refractivity contribution >= 4 is 30.7 Å². The van der Waals surface area contributed by atoms with E-state index in [1.54, 1.807) is 18.5 Å². The summed E-state index contributed by atoms with van der Waals surface area (Å²) >= 11 is 0. The summed E-state index contributed by atoms with van der Waals surface area (Å²) in [5, 5.41) is 2.76. The first-order valence-corrected chi connectivity index (χ1v) is 4.87. The van der Waals surface area contributed by atoms with Gasteiger partial charge in [-0.2, -0.15) is 0 Å². The van der Waals surface area contributed by atoms with Gasteiger partial charge in [0.2, 0.25) is 0 Å². The highest BCUT2D eigenvalue weighted by Gasteiger charge is 2.13. The molecule has 1 amide bonds. The maximum atomic E-state index is 11.6. The van der Waals surface area contributed by atoms with Gasteiger partial charge in [-0.1, -0.05) is 0 Å². The van der Waals surface area contributed by atoms with Gasteiger partial charge in [0, 0.05) is 24.5 Å². The van der Waals surface area contributed by atoms with Gasteiger partial charge in [-0.05, 0) is 32.4 Å². The Morgan fingerprint density at radius 1 is 1.41 bits per heavy atom. The van der Waals surface area contributed by atoms with E-state index in [1.165, 1.54) is 0 Å². The summed E-state index contributed by atoms with van der Waals surface area (Å²) < 4.78 is 0. The first-order valence-electron chi connectivity index (χ1n) is 4.87. The number of rotatable bonds is 3. The van der Waals surface area contributed by atoms with Crippen molar-refractivity contribution in [1.82, 2.24) is 10.3 Å². The fraction of sp³-hybridized carbons (Fsp3) is 0.455. The molecule has 1 aromatic heterocycles. The molecule has 1 rings (SSSR count). The van der Waals surface area contributed by atoms with Gasteiger partial charge in [-0.15, -0.1) is 24.8 Å². The van der Waals surface area contributed by atoms with E-state index in [0.717, 1.165) is 5.56 Å². The van der Waals surface area contributed by atoms with Crippen LogP contribution < -0.4 is 11.1 Å². The maximum Gasteiger partial charge on any atom is 0.252 e. The van der Waals surface area contributed by atoms with Gasteiger partial charge >= 0.3 is 0 Å². The zero-order chi connectivity index (χ0) is 11.5. The van der Waals surface area contributed by atoms with E-state index in [2.05, 4.69) is 10.3 Å². The van der Waals surface area contributed by atoms with Crippen molar-refractivity contribution in [3.05, 3.63) is 29.6 Å². The normalized spacial score (nSPS) is 9.88. The fourth-order valence-corrected chi connectivity index (χ4v) is 1.09. The zero-order valence-electron chi connectivity index (χ0n) is 10.2. The van der Waals surface area contributed by atoms with Crippen LogP contribution in [0.3, 0.4) is 0 Å². The molecule has 1 aromatic rings. The van der Waals surface area contributed by atoms with Crippen molar-refractivity contribution in [3.63, 3.8) is 0 Å². The number of carbonyl (C=O) groups is 1. The minimum Gasteiger partial charge on any atom is -0.350 e. The fourth-order valence-electron chi connectivity index (χ4n) is 1.09. The summed E-state index contributed by atoms with van der Waals surface area (Å²) in [6, 6.07) is 1.80. The minimum atomic E-state index is -0.396. The van der Waals surface area contributed by atoms with Gasteiger partial charge in [0.1, 0.15) is 0 Å². The molecule has 0 spiro atoms. The average Bonchev–Trinajstić information content (AvgIpc) is 2.13. The summed E-state index contributed by atoms with van der Waals surface area (Å²) in [5.41, 5.74) is 6.90. The van der Waals surface area contributed by atoms with E-state index in [0.29, 0.717) is 12.1 Å². The molecular formula is C11H19Cl2N3O.